The molecule has 1 aliphatic heterocycles. The third kappa shape index (κ3) is 5.09. The standard InChI is InChI=1S/C19H14F2N2O4S2/c1-26-14-4-2-3-12(10-14)16(24)22-23-17(25)15(29-19(23)28)9-11-5-7-13(8-6-11)27-18(20)21/h2-10,18H,1H3,(H,22,24). The molecule has 1 fully saturated rings. The van der Waals surface area contributed by atoms with E-state index >= 15 is 0 Å². The van der Waals surface area contributed by atoms with Crippen LogP contribution in [0.25, 0.3) is 6.08 Å². The lowest BCUT2D eigenvalue weighted by atomic mass is 10.2. The number of alkyl halides is 2. The molecule has 0 atom stereocenters. The highest BCUT2D eigenvalue weighted by Gasteiger charge is 2.33. The van der Waals surface area contributed by atoms with Gasteiger partial charge in [0, 0.05) is 5.56 Å². The van der Waals surface area contributed by atoms with Crippen molar-refractivity contribution in [3.05, 3.63) is 64.6 Å². The number of ether oxygens (including phenoxy) is 2. The highest BCUT2D eigenvalue weighted by molar-refractivity contribution is 8.26. The first kappa shape index (κ1) is 20.7. The SMILES string of the molecule is COc1cccc(C(=O)NN2C(=O)C(=Cc3ccc(OC(F)F)cc3)SC2=S)c1. The summed E-state index contributed by atoms with van der Waals surface area (Å²) in [7, 11) is 1.48. The molecular weight excluding hydrogens is 422 g/mol. The molecule has 10 heteroatoms. The average molecular weight is 436 g/mol. The molecule has 2 aromatic carbocycles. The van der Waals surface area contributed by atoms with Gasteiger partial charge in [0.2, 0.25) is 0 Å². The molecule has 0 aromatic heterocycles. The van der Waals surface area contributed by atoms with Gasteiger partial charge in [-0.15, -0.1) is 0 Å². The van der Waals surface area contributed by atoms with Crippen LogP contribution >= 0.6 is 24.0 Å². The topological polar surface area (TPSA) is 67.9 Å². The van der Waals surface area contributed by atoms with Crippen LogP contribution in [0, 0.1) is 0 Å². The Labute approximate surface area is 174 Å². The van der Waals surface area contributed by atoms with Crippen molar-refractivity contribution in [1.82, 2.24) is 10.4 Å². The molecule has 2 amide bonds. The second-order valence-corrected chi connectivity index (χ2v) is 7.31. The van der Waals surface area contributed by atoms with Gasteiger partial charge in [-0.05, 0) is 54.2 Å². The van der Waals surface area contributed by atoms with Crippen molar-refractivity contribution in [3.8, 4) is 11.5 Å². The van der Waals surface area contributed by atoms with E-state index in [1.165, 1.54) is 37.4 Å². The number of rotatable bonds is 6. The molecule has 0 spiro atoms. The Morgan fingerprint density at radius 1 is 1.21 bits per heavy atom. The summed E-state index contributed by atoms with van der Waals surface area (Å²) in [6.45, 7) is -2.91. The lowest BCUT2D eigenvalue weighted by molar-refractivity contribution is -0.123. The monoisotopic (exact) mass is 436 g/mol. The van der Waals surface area contributed by atoms with Crippen LogP contribution in [0.15, 0.2) is 53.4 Å². The summed E-state index contributed by atoms with van der Waals surface area (Å²) in [5, 5.41) is 0.988. The number of thioether (sulfide) groups is 1. The van der Waals surface area contributed by atoms with E-state index in [0.717, 1.165) is 16.8 Å². The molecule has 0 aliphatic carbocycles. The van der Waals surface area contributed by atoms with Gasteiger partial charge < -0.3 is 9.47 Å². The second kappa shape index (κ2) is 9.01. The van der Waals surface area contributed by atoms with Crippen LogP contribution in [-0.4, -0.2) is 34.9 Å². The van der Waals surface area contributed by atoms with E-state index in [1.54, 1.807) is 24.3 Å². The van der Waals surface area contributed by atoms with Gasteiger partial charge in [-0.2, -0.15) is 13.8 Å². The van der Waals surface area contributed by atoms with E-state index in [4.69, 9.17) is 17.0 Å². The Kier molecular flexibility index (Phi) is 6.45. The molecule has 3 rings (SSSR count). The van der Waals surface area contributed by atoms with E-state index < -0.39 is 18.4 Å². The number of nitrogens with zero attached hydrogens (tertiary/aromatic N) is 1. The molecular formula is C19H14F2N2O4S2. The first-order valence-electron chi connectivity index (χ1n) is 8.15. The van der Waals surface area contributed by atoms with Crippen LogP contribution in [0.1, 0.15) is 15.9 Å². The number of halogens is 2. The first-order chi connectivity index (χ1) is 13.9. The van der Waals surface area contributed by atoms with E-state index in [1.807, 2.05) is 0 Å². The highest BCUT2D eigenvalue weighted by atomic mass is 32.2. The first-order valence-corrected chi connectivity index (χ1v) is 9.37. The zero-order valence-corrected chi connectivity index (χ0v) is 16.6. The number of methoxy groups -OCH3 is 1. The summed E-state index contributed by atoms with van der Waals surface area (Å²) in [5.74, 6) is -0.503. The fourth-order valence-corrected chi connectivity index (χ4v) is 3.57. The number of hydrogen-bond donors (Lipinski definition) is 1. The summed E-state index contributed by atoms with van der Waals surface area (Å²) in [6, 6.07) is 12.2. The Hall–Kier alpha value is -2.98. The Balaban J connectivity index is 1.72. The summed E-state index contributed by atoms with van der Waals surface area (Å²) < 4.78 is 34.0. The summed E-state index contributed by atoms with van der Waals surface area (Å²) in [5.41, 5.74) is 3.37. The molecule has 0 saturated carbocycles. The van der Waals surface area contributed by atoms with Gasteiger partial charge >= 0.3 is 6.61 Å². The quantitative estimate of drug-likeness (QED) is 0.548. The minimum atomic E-state index is -2.91. The molecule has 29 heavy (non-hydrogen) atoms. The molecule has 150 valence electrons. The van der Waals surface area contributed by atoms with Crippen LogP contribution < -0.4 is 14.9 Å². The second-order valence-electron chi connectivity index (χ2n) is 5.64. The van der Waals surface area contributed by atoms with Gasteiger partial charge in [-0.25, -0.2) is 0 Å². The smallest absolute Gasteiger partial charge is 0.387 e. The highest BCUT2D eigenvalue weighted by Crippen LogP contribution is 2.32. The van der Waals surface area contributed by atoms with Crippen LogP contribution in [0.3, 0.4) is 0 Å². The van der Waals surface area contributed by atoms with Gasteiger partial charge in [0.15, 0.2) is 4.32 Å². The molecule has 0 unspecified atom stereocenters. The lowest BCUT2D eigenvalue weighted by Crippen LogP contribution is -2.44. The fraction of sp³-hybridized carbons (Fsp3) is 0.105. The van der Waals surface area contributed by atoms with Crippen molar-refractivity contribution in [3.63, 3.8) is 0 Å². The van der Waals surface area contributed by atoms with Crippen molar-refractivity contribution in [1.29, 1.82) is 0 Å². The van der Waals surface area contributed by atoms with E-state index in [0.29, 0.717) is 16.9 Å². The largest absolute Gasteiger partial charge is 0.497 e. The third-order valence-electron chi connectivity index (χ3n) is 3.74. The van der Waals surface area contributed by atoms with Gasteiger partial charge in [0.05, 0.1) is 12.0 Å². The number of amides is 2. The molecule has 0 radical (unpaired) electrons. The van der Waals surface area contributed by atoms with Gasteiger partial charge in [-0.3, -0.25) is 15.0 Å². The Bertz CT molecular complexity index is 980. The summed E-state index contributed by atoms with van der Waals surface area (Å²) in [4.78, 5) is 25.3. The normalized spacial score (nSPS) is 15.2. The number of hydrazine groups is 1. The number of hydrogen-bond acceptors (Lipinski definition) is 6. The number of nitrogens with one attached hydrogen (secondary N) is 1. The Morgan fingerprint density at radius 2 is 1.93 bits per heavy atom. The van der Waals surface area contributed by atoms with Crippen molar-refractivity contribution >= 4 is 46.2 Å². The predicted molar refractivity (Wildman–Crippen MR) is 109 cm³/mol. The number of benzene rings is 2. The number of carbonyl (C=O) groups is 2. The maximum Gasteiger partial charge on any atom is 0.387 e. The average Bonchev–Trinajstić information content (AvgIpc) is 2.96. The molecule has 0 bridgehead atoms. The third-order valence-corrected chi connectivity index (χ3v) is 5.04. The molecule has 6 nitrogen and oxygen atoms in total. The molecule has 1 N–H and O–H groups in total. The molecule has 1 aliphatic rings. The number of thiocarbonyl (C=S) groups is 1. The van der Waals surface area contributed by atoms with Gasteiger partial charge in [-0.1, -0.05) is 30.0 Å². The van der Waals surface area contributed by atoms with Crippen LogP contribution in [0.4, 0.5) is 8.78 Å². The van der Waals surface area contributed by atoms with Crippen molar-refractivity contribution in [2.24, 2.45) is 0 Å². The van der Waals surface area contributed by atoms with Gasteiger partial charge in [0.1, 0.15) is 11.5 Å². The summed E-state index contributed by atoms with van der Waals surface area (Å²) >= 11 is 6.20. The summed E-state index contributed by atoms with van der Waals surface area (Å²) in [6.07, 6.45) is 1.54. The number of carbonyl (C=O) groups excluding carboxylic acids is 2. The van der Waals surface area contributed by atoms with Crippen LogP contribution in [0.5, 0.6) is 11.5 Å². The maximum atomic E-state index is 12.6. The minimum Gasteiger partial charge on any atom is -0.497 e. The van der Waals surface area contributed by atoms with Crippen molar-refractivity contribution < 1.29 is 27.8 Å². The molecule has 2 aromatic rings. The lowest BCUT2D eigenvalue weighted by Gasteiger charge is -2.15. The van der Waals surface area contributed by atoms with Crippen molar-refractivity contribution in [2.75, 3.05) is 7.11 Å². The van der Waals surface area contributed by atoms with Crippen molar-refractivity contribution in [2.45, 2.75) is 6.61 Å². The Morgan fingerprint density at radius 3 is 2.59 bits per heavy atom. The molecule has 1 heterocycles. The fourth-order valence-electron chi connectivity index (χ4n) is 2.39. The predicted octanol–water partition coefficient (Wildman–Crippen LogP) is 3.84. The van der Waals surface area contributed by atoms with Crippen LogP contribution in [-0.2, 0) is 4.79 Å². The van der Waals surface area contributed by atoms with Crippen LogP contribution in [0.2, 0.25) is 0 Å². The van der Waals surface area contributed by atoms with E-state index in [9.17, 15) is 18.4 Å². The van der Waals surface area contributed by atoms with E-state index in [-0.39, 0.29) is 15.0 Å². The minimum absolute atomic E-state index is 0.00949. The zero-order valence-electron chi connectivity index (χ0n) is 14.9. The maximum absolute atomic E-state index is 12.6. The van der Waals surface area contributed by atoms with Gasteiger partial charge in [0.25, 0.3) is 11.8 Å². The van der Waals surface area contributed by atoms with E-state index in [2.05, 4.69) is 10.2 Å². The molecule has 1 saturated heterocycles. The zero-order chi connectivity index (χ0) is 21.0.